The summed E-state index contributed by atoms with van der Waals surface area (Å²) in [7, 11) is 1.45. The molecular weight excluding hydrogens is 520 g/mol. The molecule has 34 heavy (non-hydrogen) atoms. The maximum atomic E-state index is 12.5. The lowest BCUT2D eigenvalue weighted by atomic mass is 10.1. The Labute approximate surface area is 210 Å². The van der Waals surface area contributed by atoms with E-state index in [0.29, 0.717) is 27.0 Å². The predicted molar refractivity (Wildman–Crippen MR) is 137 cm³/mol. The zero-order valence-electron chi connectivity index (χ0n) is 18.3. The fourth-order valence-electron chi connectivity index (χ4n) is 2.94. The van der Waals surface area contributed by atoms with Crippen LogP contribution in [0, 0.1) is 6.92 Å². The highest BCUT2D eigenvalue weighted by molar-refractivity contribution is 9.10. The van der Waals surface area contributed by atoms with Crippen LogP contribution in [0.4, 0.5) is 5.69 Å². The molecule has 3 aromatic rings. The van der Waals surface area contributed by atoms with Gasteiger partial charge in [0, 0.05) is 21.3 Å². The molecule has 174 valence electrons. The van der Waals surface area contributed by atoms with E-state index >= 15 is 0 Å². The summed E-state index contributed by atoms with van der Waals surface area (Å²) in [6, 6.07) is 18.5. The number of aryl methyl sites for hydroxylation is 1. The van der Waals surface area contributed by atoms with Crippen LogP contribution in [0.5, 0.6) is 5.75 Å². The van der Waals surface area contributed by atoms with Gasteiger partial charge in [-0.15, -0.1) is 0 Å². The first-order chi connectivity index (χ1) is 16.3. The summed E-state index contributed by atoms with van der Waals surface area (Å²) in [4.78, 5) is 37.2. The summed E-state index contributed by atoms with van der Waals surface area (Å²) in [6.45, 7) is 1.91. The van der Waals surface area contributed by atoms with Crippen molar-refractivity contribution in [2.24, 2.45) is 0 Å². The molecule has 0 aliphatic rings. The van der Waals surface area contributed by atoms with Crippen LogP contribution in [0.25, 0.3) is 0 Å². The standard InChI is InChI=1S/C24H21BrN4O4S/c1-14-4-3-5-16(12-14)21(30)26-18-9-6-15(7-10-18)22(31)28-29-24(34)27-23(32)19-13-17(25)8-11-20(19)33-2/h3-13H,1-2H3,(H,26,30)(H,28,31)(H2,27,29,32,34). The van der Waals surface area contributed by atoms with E-state index in [-0.39, 0.29) is 16.6 Å². The molecule has 3 rings (SSSR count). The number of nitrogens with one attached hydrogen (secondary N) is 4. The Morgan fingerprint density at radius 1 is 0.853 bits per heavy atom. The predicted octanol–water partition coefficient (Wildman–Crippen LogP) is 3.97. The summed E-state index contributed by atoms with van der Waals surface area (Å²) in [5.74, 6) is -0.848. The number of carbonyl (C=O) groups excluding carboxylic acids is 3. The molecule has 0 atom stereocenters. The number of hydrogen-bond donors (Lipinski definition) is 4. The normalized spacial score (nSPS) is 10.1. The van der Waals surface area contributed by atoms with Gasteiger partial charge in [-0.1, -0.05) is 33.6 Å². The number of amides is 3. The molecule has 0 radical (unpaired) electrons. The van der Waals surface area contributed by atoms with Crippen molar-refractivity contribution in [1.29, 1.82) is 0 Å². The molecule has 0 bridgehead atoms. The third-order valence-electron chi connectivity index (χ3n) is 4.61. The Morgan fingerprint density at radius 2 is 1.59 bits per heavy atom. The second-order valence-electron chi connectivity index (χ2n) is 7.11. The van der Waals surface area contributed by atoms with E-state index in [1.807, 2.05) is 19.1 Å². The van der Waals surface area contributed by atoms with Crippen LogP contribution >= 0.6 is 28.1 Å². The van der Waals surface area contributed by atoms with Crippen molar-refractivity contribution in [3.05, 3.63) is 93.5 Å². The molecule has 0 aliphatic heterocycles. The molecule has 10 heteroatoms. The number of thiocarbonyl (C=S) groups is 1. The zero-order chi connectivity index (χ0) is 24.7. The van der Waals surface area contributed by atoms with Gasteiger partial charge in [-0.3, -0.25) is 30.6 Å². The van der Waals surface area contributed by atoms with Crippen LogP contribution in [0.15, 0.2) is 71.2 Å². The van der Waals surface area contributed by atoms with Gasteiger partial charge in [0.1, 0.15) is 5.75 Å². The minimum absolute atomic E-state index is 0.0950. The van der Waals surface area contributed by atoms with E-state index < -0.39 is 11.8 Å². The minimum atomic E-state index is -0.501. The third-order valence-corrected chi connectivity index (χ3v) is 5.31. The molecule has 0 unspecified atom stereocenters. The Hall–Kier alpha value is -3.76. The number of methoxy groups -OCH3 is 1. The second kappa shape index (κ2) is 11.4. The molecule has 0 saturated carbocycles. The van der Waals surface area contributed by atoms with E-state index in [9.17, 15) is 14.4 Å². The maximum absolute atomic E-state index is 12.5. The zero-order valence-corrected chi connectivity index (χ0v) is 20.7. The number of hydrogen-bond acceptors (Lipinski definition) is 5. The van der Waals surface area contributed by atoms with Crippen LogP contribution in [-0.4, -0.2) is 29.9 Å². The lowest BCUT2D eigenvalue weighted by molar-refractivity contribution is 0.0934. The Morgan fingerprint density at radius 3 is 2.26 bits per heavy atom. The summed E-state index contributed by atoms with van der Waals surface area (Å²) < 4.78 is 5.88. The van der Waals surface area contributed by atoms with Gasteiger partial charge < -0.3 is 10.1 Å². The molecule has 0 aromatic heterocycles. The van der Waals surface area contributed by atoms with Crippen molar-refractivity contribution in [3.8, 4) is 5.75 Å². The lowest BCUT2D eigenvalue weighted by Crippen LogP contribution is -2.48. The highest BCUT2D eigenvalue weighted by Gasteiger charge is 2.15. The summed E-state index contributed by atoms with van der Waals surface area (Å²) in [5, 5.41) is 5.16. The fourth-order valence-corrected chi connectivity index (χ4v) is 3.44. The SMILES string of the molecule is COc1ccc(Br)cc1C(=O)NC(=S)NNC(=O)c1ccc(NC(=O)c2cccc(C)c2)cc1. The monoisotopic (exact) mass is 540 g/mol. The van der Waals surface area contributed by atoms with E-state index in [1.165, 1.54) is 7.11 Å². The lowest BCUT2D eigenvalue weighted by Gasteiger charge is -2.13. The van der Waals surface area contributed by atoms with Crippen molar-refractivity contribution >= 4 is 56.7 Å². The molecule has 0 heterocycles. The van der Waals surface area contributed by atoms with Crippen molar-refractivity contribution in [2.75, 3.05) is 12.4 Å². The van der Waals surface area contributed by atoms with Gasteiger partial charge in [0.05, 0.1) is 12.7 Å². The first kappa shape index (κ1) is 24.9. The number of rotatable bonds is 5. The van der Waals surface area contributed by atoms with Gasteiger partial charge in [0.15, 0.2) is 5.11 Å². The van der Waals surface area contributed by atoms with Crippen LogP contribution < -0.4 is 26.2 Å². The third kappa shape index (κ3) is 6.63. The van der Waals surface area contributed by atoms with Crippen molar-refractivity contribution in [3.63, 3.8) is 0 Å². The Balaban J connectivity index is 1.53. The van der Waals surface area contributed by atoms with E-state index in [4.69, 9.17) is 17.0 Å². The van der Waals surface area contributed by atoms with Crippen molar-refractivity contribution < 1.29 is 19.1 Å². The molecular formula is C24H21BrN4O4S. The molecule has 3 amide bonds. The summed E-state index contributed by atoms with van der Waals surface area (Å²) >= 11 is 8.38. The molecule has 0 fully saturated rings. The molecule has 0 spiro atoms. The summed E-state index contributed by atoms with van der Waals surface area (Å²) in [6.07, 6.45) is 0. The van der Waals surface area contributed by atoms with E-state index in [2.05, 4.69) is 37.4 Å². The van der Waals surface area contributed by atoms with Crippen molar-refractivity contribution in [2.45, 2.75) is 6.92 Å². The fraction of sp³-hybridized carbons (Fsp3) is 0.0833. The first-order valence-electron chi connectivity index (χ1n) is 10.00. The van der Waals surface area contributed by atoms with Gasteiger partial charge in [-0.25, -0.2) is 0 Å². The minimum Gasteiger partial charge on any atom is -0.496 e. The second-order valence-corrected chi connectivity index (χ2v) is 8.43. The molecule has 0 aliphatic carbocycles. The molecule has 3 aromatic carbocycles. The van der Waals surface area contributed by atoms with E-state index in [0.717, 1.165) is 5.56 Å². The maximum Gasteiger partial charge on any atom is 0.269 e. The van der Waals surface area contributed by atoms with Crippen LogP contribution in [0.3, 0.4) is 0 Å². The number of hydrazine groups is 1. The van der Waals surface area contributed by atoms with Gasteiger partial charge in [0.25, 0.3) is 17.7 Å². The molecule has 4 N–H and O–H groups in total. The average molecular weight is 541 g/mol. The number of ether oxygens (including phenoxy) is 1. The topological polar surface area (TPSA) is 109 Å². The molecule has 8 nitrogen and oxygen atoms in total. The Kier molecular flexibility index (Phi) is 8.34. The number of benzene rings is 3. The van der Waals surface area contributed by atoms with Gasteiger partial charge in [0.2, 0.25) is 0 Å². The number of carbonyl (C=O) groups is 3. The van der Waals surface area contributed by atoms with Gasteiger partial charge in [-0.05, 0) is 73.7 Å². The Bertz CT molecular complexity index is 1250. The largest absolute Gasteiger partial charge is 0.496 e. The van der Waals surface area contributed by atoms with Crippen LogP contribution in [0.2, 0.25) is 0 Å². The van der Waals surface area contributed by atoms with Crippen molar-refractivity contribution in [1.82, 2.24) is 16.2 Å². The van der Waals surface area contributed by atoms with Crippen LogP contribution in [0.1, 0.15) is 36.6 Å². The van der Waals surface area contributed by atoms with E-state index in [1.54, 1.807) is 54.6 Å². The number of halogens is 1. The highest BCUT2D eigenvalue weighted by Crippen LogP contribution is 2.22. The van der Waals surface area contributed by atoms with Gasteiger partial charge in [-0.2, -0.15) is 0 Å². The summed E-state index contributed by atoms with van der Waals surface area (Å²) in [5.41, 5.74) is 7.57. The number of anilines is 1. The van der Waals surface area contributed by atoms with Crippen LogP contribution in [-0.2, 0) is 0 Å². The highest BCUT2D eigenvalue weighted by atomic mass is 79.9. The average Bonchev–Trinajstić information content (AvgIpc) is 2.83. The quantitative estimate of drug-likeness (QED) is 0.288. The van der Waals surface area contributed by atoms with Gasteiger partial charge >= 0.3 is 0 Å². The first-order valence-corrected chi connectivity index (χ1v) is 11.2. The smallest absolute Gasteiger partial charge is 0.269 e. The molecule has 0 saturated heterocycles.